The number of hydrogen-bond donors (Lipinski definition) is 0. The Morgan fingerprint density at radius 3 is 2.60 bits per heavy atom. The summed E-state index contributed by atoms with van der Waals surface area (Å²) in [4.78, 5) is 5.43. The van der Waals surface area contributed by atoms with Crippen LogP contribution in [0.5, 0.6) is 0 Å². The first-order chi connectivity index (χ1) is 9.79. The van der Waals surface area contributed by atoms with E-state index in [0.29, 0.717) is 12.1 Å². The number of nitriles is 1. The Bertz CT molecular complexity index is 362. The molecule has 0 spiro atoms. The van der Waals surface area contributed by atoms with Crippen molar-refractivity contribution < 1.29 is 0 Å². The molecule has 112 valence electrons. The van der Waals surface area contributed by atoms with E-state index in [0.717, 1.165) is 12.5 Å². The van der Waals surface area contributed by atoms with Crippen LogP contribution in [0.3, 0.4) is 0 Å². The fourth-order valence-corrected chi connectivity index (χ4v) is 4.67. The second-order valence-electron chi connectivity index (χ2n) is 7.13. The Morgan fingerprint density at radius 2 is 1.75 bits per heavy atom. The van der Waals surface area contributed by atoms with E-state index < -0.39 is 0 Å². The molecule has 3 nitrogen and oxygen atoms in total. The maximum Gasteiger partial charge on any atom is 0.0672 e. The van der Waals surface area contributed by atoms with Gasteiger partial charge in [-0.25, -0.2) is 0 Å². The number of piperidine rings is 1. The molecule has 1 saturated carbocycles. The predicted octanol–water partition coefficient (Wildman–Crippen LogP) is 3.02. The van der Waals surface area contributed by atoms with E-state index in [1.54, 1.807) is 0 Å². The minimum absolute atomic E-state index is 0.273. The van der Waals surface area contributed by atoms with Crippen molar-refractivity contribution in [2.24, 2.45) is 5.92 Å². The first-order valence-electron chi connectivity index (χ1n) is 8.69. The van der Waals surface area contributed by atoms with Crippen molar-refractivity contribution in [1.82, 2.24) is 9.80 Å². The largest absolute Gasteiger partial charge is 0.298 e. The zero-order valence-corrected chi connectivity index (χ0v) is 12.9. The van der Waals surface area contributed by atoms with E-state index in [1.165, 1.54) is 64.6 Å². The van der Waals surface area contributed by atoms with Crippen LogP contribution < -0.4 is 0 Å². The quantitative estimate of drug-likeness (QED) is 0.689. The maximum atomic E-state index is 9.55. The summed E-state index contributed by atoms with van der Waals surface area (Å²) in [6, 6.07) is 4.55. The van der Waals surface area contributed by atoms with Gasteiger partial charge in [0.2, 0.25) is 0 Å². The van der Waals surface area contributed by atoms with Crippen LogP contribution in [0.4, 0.5) is 0 Å². The van der Waals surface area contributed by atoms with Crippen LogP contribution in [0.2, 0.25) is 0 Å². The minimum atomic E-state index is 0.273. The molecular weight excluding hydrogens is 246 g/mol. The van der Waals surface area contributed by atoms with Gasteiger partial charge in [-0.3, -0.25) is 9.80 Å². The molecule has 2 aliphatic heterocycles. The van der Waals surface area contributed by atoms with E-state index in [9.17, 15) is 5.26 Å². The standard InChI is InChI=1S/C17H29N3/c1-14-12-19-10-6-5-8-16(19)13-20(14)17-9-4-2-3-7-15(17)11-18/h14-17H,2-10,12-13H2,1H3. The van der Waals surface area contributed by atoms with Crippen molar-refractivity contribution >= 4 is 0 Å². The molecule has 3 rings (SSSR count). The Kier molecular flexibility index (Phi) is 4.63. The normalized spacial score (nSPS) is 40.6. The molecule has 0 amide bonds. The molecule has 0 N–H and O–H groups in total. The van der Waals surface area contributed by atoms with E-state index in [2.05, 4.69) is 22.8 Å². The lowest BCUT2D eigenvalue weighted by Gasteiger charge is -2.50. The Labute approximate surface area is 123 Å². The second-order valence-corrected chi connectivity index (χ2v) is 7.13. The first kappa shape index (κ1) is 14.4. The zero-order chi connectivity index (χ0) is 13.9. The zero-order valence-electron chi connectivity index (χ0n) is 12.9. The highest BCUT2D eigenvalue weighted by molar-refractivity contribution is 4.99. The van der Waals surface area contributed by atoms with Crippen molar-refractivity contribution in [2.75, 3.05) is 19.6 Å². The van der Waals surface area contributed by atoms with Gasteiger partial charge in [0.05, 0.1) is 12.0 Å². The molecule has 0 aromatic heterocycles. The van der Waals surface area contributed by atoms with E-state index >= 15 is 0 Å². The predicted molar refractivity (Wildman–Crippen MR) is 81.4 cm³/mol. The van der Waals surface area contributed by atoms with Crippen LogP contribution in [0, 0.1) is 17.2 Å². The number of rotatable bonds is 1. The molecule has 1 aliphatic carbocycles. The molecule has 0 aromatic rings. The molecule has 0 radical (unpaired) electrons. The first-order valence-corrected chi connectivity index (χ1v) is 8.69. The molecule has 2 saturated heterocycles. The lowest BCUT2D eigenvalue weighted by Crippen LogP contribution is -2.62. The van der Waals surface area contributed by atoms with E-state index in [4.69, 9.17) is 0 Å². The van der Waals surface area contributed by atoms with Crippen molar-refractivity contribution in [2.45, 2.75) is 76.4 Å². The van der Waals surface area contributed by atoms with Gasteiger partial charge in [-0.15, -0.1) is 0 Å². The van der Waals surface area contributed by atoms with Crippen molar-refractivity contribution in [3.8, 4) is 6.07 Å². The average Bonchev–Trinajstić information content (AvgIpc) is 2.71. The molecule has 3 aliphatic rings. The van der Waals surface area contributed by atoms with E-state index in [-0.39, 0.29) is 5.92 Å². The van der Waals surface area contributed by atoms with E-state index in [1.807, 2.05) is 0 Å². The van der Waals surface area contributed by atoms with Crippen LogP contribution in [-0.2, 0) is 0 Å². The monoisotopic (exact) mass is 275 g/mol. The van der Waals surface area contributed by atoms with Gasteiger partial charge in [-0.1, -0.05) is 25.7 Å². The summed E-state index contributed by atoms with van der Waals surface area (Å²) < 4.78 is 0. The van der Waals surface area contributed by atoms with Gasteiger partial charge in [0, 0.05) is 31.2 Å². The third-order valence-electron chi connectivity index (χ3n) is 5.81. The fraction of sp³-hybridized carbons (Fsp3) is 0.941. The molecule has 3 fully saturated rings. The summed E-state index contributed by atoms with van der Waals surface area (Å²) in [5, 5.41) is 9.55. The summed E-state index contributed by atoms with van der Waals surface area (Å²) in [7, 11) is 0. The molecule has 0 aromatic carbocycles. The molecule has 4 atom stereocenters. The fourth-order valence-electron chi connectivity index (χ4n) is 4.67. The summed E-state index contributed by atoms with van der Waals surface area (Å²) in [6.07, 6.45) is 10.4. The highest BCUT2D eigenvalue weighted by Crippen LogP contribution is 2.32. The lowest BCUT2D eigenvalue weighted by atomic mass is 9.90. The molecule has 0 bridgehead atoms. The van der Waals surface area contributed by atoms with Crippen LogP contribution in [-0.4, -0.2) is 47.6 Å². The Morgan fingerprint density at radius 1 is 0.950 bits per heavy atom. The topological polar surface area (TPSA) is 30.3 Å². The van der Waals surface area contributed by atoms with Crippen molar-refractivity contribution in [3.63, 3.8) is 0 Å². The number of fused-ring (bicyclic) bond motifs is 1. The molecule has 20 heavy (non-hydrogen) atoms. The van der Waals surface area contributed by atoms with Gasteiger partial charge < -0.3 is 0 Å². The van der Waals surface area contributed by atoms with Crippen LogP contribution >= 0.6 is 0 Å². The molecular formula is C17H29N3. The number of hydrogen-bond acceptors (Lipinski definition) is 3. The third-order valence-corrected chi connectivity index (χ3v) is 5.81. The van der Waals surface area contributed by atoms with Crippen LogP contribution in [0.1, 0.15) is 58.3 Å². The third kappa shape index (κ3) is 2.87. The summed E-state index contributed by atoms with van der Waals surface area (Å²) in [6.45, 7) is 6.11. The Balaban J connectivity index is 1.72. The van der Waals surface area contributed by atoms with Gasteiger partial charge in [0.1, 0.15) is 0 Å². The van der Waals surface area contributed by atoms with Crippen LogP contribution in [0.15, 0.2) is 0 Å². The maximum absolute atomic E-state index is 9.55. The highest BCUT2D eigenvalue weighted by Gasteiger charge is 2.38. The number of nitrogens with zero attached hydrogens (tertiary/aromatic N) is 3. The van der Waals surface area contributed by atoms with Gasteiger partial charge in [-0.05, 0) is 39.2 Å². The van der Waals surface area contributed by atoms with Crippen molar-refractivity contribution in [1.29, 1.82) is 5.26 Å². The Hall–Kier alpha value is -0.590. The number of piperazine rings is 1. The molecule has 3 heteroatoms. The summed E-state index contributed by atoms with van der Waals surface area (Å²) in [5.41, 5.74) is 0. The van der Waals surface area contributed by atoms with Gasteiger partial charge in [-0.2, -0.15) is 5.26 Å². The molecule has 2 heterocycles. The average molecular weight is 275 g/mol. The summed E-state index contributed by atoms with van der Waals surface area (Å²) in [5.74, 6) is 0.273. The van der Waals surface area contributed by atoms with Crippen LogP contribution in [0.25, 0.3) is 0 Å². The van der Waals surface area contributed by atoms with Gasteiger partial charge in [0.15, 0.2) is 0 Å². The highest BCUT2D eigenvalue weighted by atomic mass is 15.3. The SMILES string of the molecule is CC1CN2CCCCC2CN1C1CCCCCC1C#N. The smallest absolute Gasteiger partial charge is 0.0672 e. The van der Waals surface area contributed by atoms with Crippen molar-refractivity contribution in [3.05, 3.63) is 0 Å². The molecule has 4 unspecified atom stereocenters. The van der Waals surface area contributed by atoms with Gasteiger partial charge in [0.25, 0.3) is 0 Å². The minimum Gasteiger partial charge on any atom is -0.298 e. The second kappa shape index (κ2) is 6.45. The van der Waals surface area contributed by atoms with Gasteiger partial charge >= 0.3 is 0 Å². The summed E-state index contributed by atoms with van der Waals surface area (Å²) >= 11 is 0. The lowest BCUT2D eigenvalue weighted by molar-refractivity contribution is -0.0181.